The van der Waals surface area contributed by atoms with Gasteiger partial charge in [-0.2, -0.15) is 0 Å². The number of nitrogen functional groups attached to an aromatic ring is 2. The van der Waals surface area contributed by atoms with Crippen LogP contribution < -0.4 is 11.5 Å². The zero-order valence-electron chi connectivity index (χ0n) is 10.4. The summed E-state index contributed by atoms with van der Waals surface area (Å²) in [7, 11) is 0. The van der Waals surface area contributed by atoms with Crippen molar-refractivity contribution in [3.8, 4) is 0 Å². The van der Waals surface area contributed by atoms with Crippen molar-refractivity contribution in [2.45, 2.75) is 32.6 Å². The molecule has 90 valence electrons. The normalized spacial score (nSPS) is 10.9. The molecule has 0 bridgehead atoms. The summed E-state index contributed by atoms with van der Waals surface area (Å²) >= 11 is 0. The number of hydrogen-bond acceptors (Lipinski definition) is 2. The summed E-state index contributed by atoms with van der Waals surface area (Å²) < 4.78 is 0. The van der Waals surface area contributed by atoms with Crippen molar-refractivity contribution >= 4 is 22.1 Å². The third-order valence-corrected chi connectivity index (χ3v) is 3.23. The van der Waals surface area contributed by atoms with Gasteiger partial charge in [0.05, 0.1) is 11.4 Å². The Labute approximate surface area is 103 Å². The van der Waals surface area contributed by atoms with Crippen LogP contribution in [0.3, 0.4) is 0 Å². The number of fused-ring (bicyclic) bond motifs is 1. The fourth-order valence-electron chi connectivity index (χ4n) is 2.15. The van der Waals surface area contributed by atoms with Crippen molar-refractivity contribution in [2.75, 3.05) is 11.5 Å². The highest BCUT2D eigenvalue weighted by Gasteiger charge is 2.02. The summed E-state index contributed by atoms with van der Waals surface area (Å²) in [5.41, 5.74) is 14.5. The molecule has 2 aromatic rings. The maximum Gasteiger partial charge on any atom is 0.0627 e. The second-order valence-corrected chi connectivity index (χ2v) is 4.58. The Kier molecular flexibility index (Phi) is 3.52. The van der Waals surface area contributed by atoms with Gasteiger partial charge in [-0.15, -0.1) is 0 Å². The number of benzene rings is 2. The molecule has 0 radical (unpaired) electrons. The van der Waals surface area contributed by atoms with Gasteiger partial charge >= 0.3 is 0 Å². The standard InChI is InChI=1S/C15H20N2/c1-2-3-4-5-11-6-8-13-12(10-11)7-9-14(16)15(13)17/h6-10H,2-5,16-17H2,1H3. The Morgan fingerprint density at radius 1 is 1.00 bits per heavy atom. The van der Waals surface area contributed by atoms with Crippen molar-refractivity contribution < 1.29 is 0 Å². The average molecular weight is 228 g/mol. The van der Waals surface area contributed by atoms with Crippen LogP contribution in [-0.4, -0.2) is 0 Å². The maximum atomic E-state index is 5.96. The minimum atomic E-state index is 0.663. The highest BCUT2D eigenvalue weighted by atomic mass is 14.7. The Morgan fingerprint density at radius 3 is 2.59 bits per heavy atom. The topological polar surface area (TPSA) is 52.0 Å². The number of hydrogen-bond donors (Lipinski definition) is 2. The number of unbranched alkanes of at least 4 members (excludes halogenated alkanes) is 2. The van der Waals surface area contributed by atoms with E-state index < -0.39 is 0 Å². The van der Waals surface area contributed by atoms with E-state index in [-0.39, 0.29) is 0 Å². The number of nitrogens with two attached hydrogens (primary N) is 2. The van der Waals surface area contributed by atoms with Crippen LogP contribution in [0, 0.1) is 0 Å². The Balaban J connectivity index is 2.29. The molecule has 0 aromatic heterocycles. The van der Waals surface area contributed by atoms with Crippen LogP contribution in [0.15, 0.2) is 30.3 Å². The first-order valence-electron chi connectivity index (χ1n) is 6.29. The van der Waals surface area contributed by atoms with Crippen LogP contribution in [-0.2, 0) is 6.42 Å². The third-order valence-electron chi connectivity index (χ3n) is 3.23. The van der Waals surface area contributed by atoms with Crippen molar-refractivity contribution in [3.05, 3.63) is 35.9 Å². The van der Waals surface area contributed by atoms with Crippen LogP contribution in [0.1, 0.15) is 31.7 Å². The van der Waals surface area contributed by atoms with Crippen molar-refractivity contribution in [2.24, 2.45) is 0 Å². The van der Waals surface area contributed by atoms with Gasteiger partial charge in [0.15, 0.2) is 0 Å². The summed E-state index contributed by atoms with van der Waals surface area (Å²) in [4.78, 5) is 0. The molecule has 4 N–H and O–H groups in total. The molecular formula is C15H20N2. The van der Waals surface area contributed by atoms with Crippen molar-refractivity contribution in [3.63, 3.8) is 0 Å². The van der Waals surface area contributed by atoms with E-state index in [0.29, 0.717) is 11.4 Å². The Hall–Kier alpha value is -1.70. The Bertz CT molecular complexity index is 518. The molecule has 0 aliphatic rings. The van der Waals surface area contributed by atoms with Gasteiger partial charge in [0.25, 0.3) is 0 Å². The van der Waals surface area contributed by atoms with Gasteiger partial charge in [-0.05, 0) is 29.9 Å². The number of anilines is 2. The fraction of sp³-hybridized carbons (Fsp3) is 0.333. The summed E-state index contributed by atoms with van der Waals surface area (Å²) in [5.74, 6) is 0. The van der Waals surface area contributed by atoms with Gasteiger partial charge in [-0.1, -0.05) is 44.0 Å². The highest BCUT2D eigenvalue weighted by molar-refractivity contribution is 5.98. The van der Waals surface area contributed by atoms with Gasteiger partial charge in [-0.3, -0.25) is 0 Å². The SMILES string of the molecule is CCCCCc1ccc2c(N)c(N)ccc2c1. The molecule has 0 unspecified atom stereocenters. The molecule has 0 atom stereocenters. The lowest BCUT2D eigenvalue weighted by molar-refractivity contribution is 0.718. The first kappa shape index (κ1) is 11.8. The second kappa shape index (κ2) is 5.09. The van der Waals surface area contributed by atoms with Gasteiger partial charge in [0, 0.05) is 5.39 Å². The smallest absolute Gasteiger partial charge is 0.0627 e. The quantitative estimate of drug-likeness (QED) is 0.618. The Morgan fingerprint density at radius 2 is 1.82 bits per heavy atom. The zero-order chi connectivity index (χ0) is 12.3. The molecule has 0 fully saturated rings. The molecule has 0 heterocycles. The van der Waals surface area contributed by atoms with Crippen LogP contribution in [0.5, 0.6) is 0 Å². The van der Waals surface area contributed by atoms with E-state index in [1.807, 2.05) is 12.1 Å². The molecule has 0 spiro atoms. The molecule has 0 aliphatic carbocycles. The van der Waals surface area contributed by atoms with Gasteiger partial charge in [0.1, 0.15) is 0 Å². The molecular weight excluding hydrogens is 208 g/mol. The molecule has 2 aromatic carbocycles. The van der Waals surface area contributed by atoms with Gasteiger partial charge in [-0.25, -0.2) is 0 Å². The monoisotopic (exact) mass is 228 g/mol. The molecule has 2 rings (SSSR count). The lowest BCUT2D eigenvalue weighted by Gasteiger charge is -2.07. The lowest BCUT2D eigenvalue weighted by Crippen LogP contribution is -1.95. The minimum absolute atomic E-state index is 0.663. The molecule has 0 saturated carbocycles. The van der Waals surface area contributed by atoms with Crippen LogP contribution >= 0.6 is 0 Å². The molecule has 2 heteroatoms. The highest BCUT2D eigenvalue weighted by Crippen LogP contribution is 2.27. The van der Waals surface area contributed by atoms with E-state index in [0.717, 1.165) is 11.8 Å². The fourth-order valence-corrected chi connectivity index (χ4v) is 2.15. The zero-order valence-corrected chi connectivity index (χ0v) is 10.4. The molecule has 17 heavy (non-hydrogen) atoms. The molecule has 0 aliphatic heterocycles. The van der Waals surface area contributed by atoms with Gasteiger partial charge < -0.3 is 11.5 Å². The predicted octanol–water partition coefficient (Wildman–Crippen LogP) is 3.74. The summed E-state index contributed by atoms with van der Waals surface area (Å²) in [6.07, 6.45) is 4.96. The third kappa shape index (κ3) is 2.52. The van der Waals surface area contributed by atoms with Gasteiger partial charge in [0.2, 0.25) is 0 Å². The van der Waals surface area contributed by atoms with Crippen molar-refractivity contribution in [1.82, 2.24) is 0 Å². The largest absolute Gasteiger partial charge is 0.397 e. The predicted molar refractivity (Wildman–Crippen MR) is 76.0 cm³/mol. The van der Waals surface area contributed by atoms with E-state index >= 15 is 0 Å². The lowest BCUT2D eigenvalue weighted by atomic mass is 10.0. The van der Waals surface area contributed by atoms with Crippen molar-refractivity contribution in [1.29, 1.82) is 0 Å². The summed E-state index contributed by atoms with van der Waals surface area (Å²) in [5, 5.41) is 2.25. The van der Waals surface area contributed by atoms with E-state index in [1.165, 1.54) is 30.2 Å². The first-order chi connectivity index (χ1) is 8.22. The molecule has 0 amide bonds. The van der Waals surface area contributed by atoms with Crippen LogP contribution in [0.4, 0.5) is 11.4 Å². The van der Waals surface area contributed by atoms with E-state index in [2.05, 4.69) is 25.1 Å². The summed E-state index contributed by atoms with van der Waals surface area (Å²) in [6.45, 7) is 2.23. The number of aryl methyl sites for hydroxylation is 1. The number of rotatable bonds is 4. The molecule has 2 nitrogen and oxygen atoms in total. The van der Waals surface area contributed by atoms with Crippen LogP contribution in [0.25, 0.3) is 10.8 Å². The maximum absolute atomic E-state index is 5.96. The van der Waals surface area contributed by atoms with E-state index in [4.69, 9.17) is 11.5 Å². The van der Waals surface area contributed by atoms with Crippen LogP contribution in [0.2, 0.25) is 0 Å². The second-order valence-electron chi connectivity index (χ2n) is 4.58. The van der Waals surface area contributed by atoms with E-state index in [1.54, 1.807) is 0 Å². The van der Waals surface area contributed by atoms with E-state index in [9.17, 15) is 0 Å². The first-order valence-corrected chi connectivity index (χ1v) is 6.29. The average Bonchev–Trinajstić information content (AvgIpc) is 2.34. The molecule has 0 saturated heterocycles. The summed E-state index contributed by atoms with van der Waals surface area (Å²) in [6, 6.07) is 10.4. The minimum Gasteiger partial charge on any atom is -0.397 e.